The van der Waals surface area contributed by atoms with Crippen LogP contribution < -0.4 is 5.32 Å². The van der Waals surface area contributed by atoms with E-state index in [4.69, 9.17) is 0 Å². The van der Waals surface area contributed by atoms with Gasteiger partial charge < -0.3 is 5.32 Å². The summed E-state index contributed by atoms with van der Waals surface area (Å²) in [6.07, 6.45) is 4.70. The van der Waals surface area contributed by atoms with Crippen molar-refractivity contribution in [2.45, 2.75) is 30.7 Å². The van der Waals surface area contributed by atoms with Crippen LogP contribution in [0.2, 0.25) is 0 Å². The molecule has 0 saturated heterocycles. The number of aromatic amines is 1. The summed E-state index contributed by atoms with van der Waals surface area (Å²) in [4.78, 5) is 16.4. The third-order valence-electron chi connectivity index (χ3n) is 5.53. The van der Waals surface area contributed by atoms with Crippen molar-refractivity contribution < 1.29 is 13.2 Å². The van der Waals surface area contributed by atoms with Gasteiger partial charge in [0.2, 0.25) is 0 Å². The number of aromatic nitrogens is 4. The Bertz CT molecular complexity index is 1370. The summed E-state index contributed by atoms with van der Waals surface area (Å²) < 4.78 is 26.0. The van der Waals surface area contributed by atoms with Crippen molar-refractivity contribution in [1.82, 2.24) is 25.7 Å². The Balaban J connectivity index is 1.46. The average Bonchev–Trinajstić information content (AvgIpc) is 3.39. The Morgan fingerprint density at radius 1 is 1.00 bits per heavy atom. The summed E-state index contributed by atoms with van der Waals surface area (Å²) in [6.45, 7) is 4.03. The van der Waals surface area contributed by atoms with Crippen LogP contribution in [0, 0.1) is 0 Å². The van der Waals surface area contributed by atoms with Gasteiger partial charge in [-0.15, -0.1) is 0 Å². The van der Waals surface area contributed by atoms with E-state index < -0.39 is 15.3 Å². The van der Waals surface area contributed by atoms with Crippen LogP contribution in [0.1, 0.15) is 35.5 Å². The molecule has 0 saturated carbocycles. The first kappa shape index (κ1) is 23.3. The predicted octanol–water partition coefficient (Wildman–Crippen LogP) is 3.55. The summed E-state index contributed by atoms with van der Waals surface area (Å²) >= 11 is 0. The number of hydrogen-bond acceptors (Lipinski definition) is 6. The number of rotatable bonds is 8. The monoisotopic (exact) mass is 475 g/mol. The first-order valence-corrected chi connectivity index (χ1v) is 12.4. The molecule has 1 amide bonds. The van der Waals surface area contributed by atoms with Crippen molar-refractivity contribution >= 4 is 15.7 Å². The van der Waals surface area contributed by atoms with Gasteiger partial charge in [-0.3, -0.25) is 9.78 Å². The molecular formula is C25H25N5O3S. The standard InChI is InChI=1S/C25H25N5O3S/c1-25(2,23-16-28-30-29-23)17-34(32,33)22-8-6-19(7-9-22)21-5-3-4-18(14-21)15-27-24(31)20-10-12-26-13-11-20/h3-14,16H,15,17H2,1-2H3,(H,27,31)(H,28,29,30). The van der Waals surface area contributed by atoms with E-state index in [1.54, 1.807) is 55.0 Å². The first-order valence-electron chi connectivity index (χ1n) is 10.7. The van der Waals surface area contributed by atoms with Gasteiger partial charge in [-0.05, 0) is 47.0 Å². The summed E-state index contributed by atoms with van der Waals surface area (Å²) in [5, 5.41) is 13.3. The second-order valence-corrected chi connectivity index (χ2v) is 10.6. The van der Waals surface area contributed by atoms with Crippen molar-refractivity contribution in [3.05, 3.63) is 96.1 Å². The molecule has 0 atom stereocenters. The molecule has 34 heavy (non-hydrogen) atoms. The molecule has 9 heteroatoms. The Labute approximate surface area is 198 Å². The summed E-state index contributed by atoms with van der Waals surface area (Å²) in [5.41, 5.74) is 3.22. The first-order chi connectivity index (χ1) is 16.2. The minimum Gasteiger partial charge on any atom is -0.348 e. The molecule has 0 aliphatic heterocycles. The highest BCUT2D eigenvalue weighted by atomic mass is 32.2. The fourth-order valence-corrected chi connectivity index (χ4v) is 5.48. The topological polar surface area (TPSA) is 118 Å². The molecule has 2 aromatic carbocycles. The molecule has 4 aromatic rings. The van der Waals surface area contributed by atoms with Crippen LogP contribution in [-0.2, 0) is 21.8 Å². The summed E-state index contributed by atoms with van der Waals surface area (Å²) in [6, 6.07) is 17.9. The Hall–Kier alpha value is -3.85. The molecule has 4 rings (SSSR count). The zero-order chi connectivity index (χ0) is 24.2. The van der Waals surface area contributed by atoms with E-state index in [-0.39, 0.29) is 16.6 Å². The van der Waals surface area contributed by atoms with Crippen molar-refractivity contribution in [2.75, 3.05) is 5.75 Å². The van der Waals surface area contributed by atoms with E-state index in [1.807, 2.05) is 38.1 Å². The highest BCUT2D eigenvalue weighted by molar-refractivity contribution is 7.91. The van der Waals surface area contributed by atoms with Gasteiger partial charge in [-0.25, -0.2) is 8.42 Å². The summed E-state index contributed by atoms with van der Waals surface area (Å²) in [7, 11) is -3.53. The van der Waals surface area contributed by atoms with E-state index in [9.17, 15) is 13.2 Å². The lowest BCUT2D eigenvalue weighted by Crippen LogP contribution is -2.28. The van der Waals surface area contributed by atoms with Gasteiger partial charge in [0, 0.05) is 29.9 Å². The molecule has 0 bridgehead atoms. The molecule has 2 heterocycles. The second kappa shape index (κ2) is 9.56. The third kappa shape index (κ3) is 5.37. The van der Waals surface area contributed by atoms with Crippen LogP contribution in [0.25, 0.3) is 11.1 Å². The van der Waals surface area contributed by atoms with Crippen molar-refractivity contribution in [3.63, 3.8) is 0 Å². The van der Waals surface area contributed by atoms with Crippen LogP contribution in [0.5, 0.6) is 0 Å². The Kier molecular flexibility index (Phi) is 6.56. The maximum atomic E-state index is 13.0. The number of nitrogens with zero attached hydrogens (tertiary/aromatic N) is 3. The fraction of sp³-hybridized carbons (Fsp3) is 0.200. The number of hydrogen-bond donors (Lipinski definition) is 2. The van der Waals surface area contributed by atoms with E-state index in [0.717, 1.165) is 16.7 Å². The van der Waals surface area contributed by atoms with Crippen LogP contribution in [0.15, 0.2) is 84.1 Å². The van der Waals surface area contributed by atoms with Crippen molar-refractivity contribution in [3.8, 4) is 11.1 Å². The van der Waals surface area contributed by atoms with E-state index in [0.29, 0.717) is 17.8 Å². The molecule has 0 unspecified atom stereocenters. The van der Waals surface area contributed by atoms with E-state index in [1.165, 1.54) is 0 Å². The molecule has 0 fully saturated rings. The molecule has 0 radical (unpaired) electrons. The number of H-pyrrole nitrogens is 1. The minimum atomic E-state index is -3.53. The zero-order valence-electron chi connectivity index (χ0n) is 18.9. The lowest BCUT2D eigenvalue weighted by atomic mass is 9.93. The number of carbonyl (C=O) groups is 1. The van der Waals surface area contributed by atoms with Crippen molar-refractivity contribution in [2.24, 2.45) is 0 Å². The third-order valence-corrected chi connectivity index (χ3v) is 7.62. The maximum absolute atomic E-state index is 13.0. The molecule has 174 valence electrons. The molecular weight excluding hydrogens is 450 g/mol. The lowest BCUT2D eigenvalue weighted by Gasteiger charge is -2.21. The fourth-order valence-electron chi connectivity index (χ4n) is 3.66. The van der Waals surface area contributed by atoms with E-state index >= 15 is 0 Å². The summed E-state index contributed by atoms with van der Waals surface area (Å²) in [5.74, 6) is -0.255. The van der Waals surface area contributed by atoms with Crippen LogP contribution in [0.4, 0.5) is 0 Å². The maximum Gasteiger partial charge on any atom is 0.251 e. The van der Waals surface area contributed by atoms with Gasteiger partial charge in [-0.1, -0.05) is 44.2 Å². The van der Waals surface area contributed by atoms with Crippen LogP contribution in [0.3, 0.4) is 0 Å². The largest absolute Gasteiger partial charge is 0.348 e. The number of sulfone groups is 1. The lowest BCUT2D eigenvalue weighted by molar-refractivity contribution is 0.0950. The normalized spacial score (nSPS) is 11.8. The number of pyridine rings is 1. The number of carbonyl (C=O) groups excluding carboxylic acids is 1. The van der Waals surface area contributed by atoms with Gasteiger partial charge >= 0.3 is 0 Å². The minimum absolute atomic E-state index is 0.0848. The highest BCUT2D eigenvalue weighted by Crippen LogP contribution is 2.28. The van der Waals surface area contributed by atoms with Gasteiger partial charge in [0.25, 0.3) is 5.91 Å². The zero-order valence-corrected chi connectivity index (χ0v) is 19.7. The highest BCUT2D eigenvalue weighted by Gasteiger charge is 2.31. The van der Waals surface area contributed by atoms with Gasteiger partial charge in [0.15, 0.2) is 9.84 Å². The SMILES string of the molecule is CC(C)(CS(=O)(=O)c1ccc(-c2cccc(CNC(=O)c3ccncc3)c2)cc1)c1cn[nH]n1. The number of nitrogens with one attached hydrogen (secondary N) is 2. The Morgan fingerprint density at radius 2 is 1.74 bits per heavy atom. The Morgan fingerprint density at radius 3 is 2.41 bits per heavy atom. The molecule has 2 N–H and O–H groups in total. The van der Waals surface area contributed by atoms with Gasteiger partial charge in [0.05, 0.1) is 22.5 Å². The molecule has 0 spiro atoms. The molecule has 0 aliphatic carbocycles. The van der Waals surface area contributed by atoms with Gasteiger partial charge in [-0.2, -0.15) is 15.4 Å². The number of benzene rings is 2. The van der Waals surface area contributed by atoms with Crippen LogP contribution >= 0.6 is 0 Å². The molecule has 0 aliphatic rings. The molecule has 8 nitrogen and oxygen atoms in total. The van der Waals surface area contributed by atoms with Crippen molar-refractivity contribution in [1.29, 1.82) is 0 Å². The molecule has 2 aromatic heterocycles. The average molecular weight is 476 g/mol. The predicted molar refractivity (Wildman–Crippen MR) is 129 cm³/mol. The quantitative estimate of drug-likeness (QED) is 0.402. The van der Waals surface area contributed by atoms with E-state index in [2.05, 4.69) is 25.7 Å². The van der Waals surface area contributed by atoms with Gasteiger partial charge in [0.1, 0.15) is 0 Å². The smallest absolute Gasteiger partial charge is 0.251 e. The number of amides is 1. The second-order valence-electron chi connectivity index (χ2n) is 8.64. The van der Waals surface area contributed by atoms with Crippen LogP contribution in [-0.4, -0.2) is 40.5 Å².